The predicted molar refractivity (Wildman–Crippen MR) is 111 cm³/mol. The zero-order valence-electron chi connectivity index (χ0n) is 15.5. The van der Waals surface area contributed by atoms with Crippen molar-refractivity contribution in [1.29, 1.82) is 0 Å². The Bertz CT molecular complexity index is 816. The maximum atomic E-state index is 12.5. The first-order valence-electron chi connectivity index (χ1n) is 9.51. The van der Waals surface area contributed by atoms with Gasteiger partial charge in [-0.2, -0.15) is 0 Å². The van der Waals surface area contributed by atoms with Crippen molar-refractivity contribution in [2.75, 3.05) is 26.2 Å². The summed E-state index contributed by atoms with van der Waals surface area (Å²) in [6.45, 7) is 3.57. The molecule has 142 valence electrons. The highest BCUT2D eigenvalue weighted by atomic mass is 35.5. The molecule has 2 aromatic rings. The second-order valence-corrected chi connectivity index (χ2v) is 7.17. The van der Waals surface area contributed by atoms with Gasteiger partial charge in [0.15, 0.2) is 5.78 Å². The molecule has 4 heteroatoms. The van der Waals surface area contributed by atoms with E-state index in [0.29, 0.717) is 6.42 Å². The first kappa shape index (κ1) is 19.7. The number of ketones is 1. The zero-order chi connectivity index (χ0) is 17.8. The summed E-state index contributed by atoms with van der Waals surface area (Å²) in [4.78, 5) is 14.9. The fourth-order valence-electron chi connectivity index (χ4n) is 3.74. The lowest BCUT2D eigenvalue weighted by atomic mass is 9.99. The lowest BCUT2D eigenvalue weighted by molar-refractivity contribution is 0.0965. The van der Waals surface area contributed by atoms with Crippen LogP contribution in [0.25, 0.3) is 0 Å². The summed E-state index contributed by atoms with van der Waals surface area (Å²) in [6.07, 6.45) is 5.98. The van der Waals surface area contributed by atoms with E-state index in [1.165, 1.54) is 16.7 Å². The monoisotopic (exact) mass is 383 g/mol. The number of hydrogen-bond acceptors (Lipinski definition) is 3. The molecule has 0 radical (unpaired) electrons. The lowest BCUT2D eigenvalue weighted by Gasteiger charge is -2.26. The highest BCUT2D eigenvalue weighted by molar-refractivity contribution is 5.96. The molecule has 0 saturated carbocycles. The molecule has 0 bridgehead atoms. The van der Waals surface area contributed by atoms with Gasteiger partial charge < -0.3 is 4.74 Å². The molecular formula is C23H26ClNO2. The summed E-state index contributed by atoms with van der Waals surface area (Å²) in [5.41, 5.74) is 4.88. The number of carbonyl (C=O) groups is 1. The van der Waals surface area contributed by atoms with Crippen LogP contribution in [0.15, 0.2) is 60.2 Å². The van der Waals surface area contributed by atoms with Gasteiger partial charge in [0.05, 0.1) is 6.61 Å². The Morgan fingerprint density at radius 3 is 2.70 bits per heavy atom. The highest BCUT2D eigenvalue weighted by Crippen LogP contribution is 2.26. The van der Waals surface area contributed by atoms with Crippen LogP contribution in [0.5, 0.6) is 5.75 Å². The van der Waals surface area contributed by atoms with Crippen LogP contribution in [0, 0.1) is 0 Å². The van der Waals surface area contributed by atoms with Gasteiger partial charge in [-0.25, -0.2) is 0 Å². The summed E-state index contributed by atoms with van der Waals surface area (Å²) >= 11 is 0. The van der Waals surface area contributed by atoms with E-state index in [1.54, 1.807) is 0 Å². The van der Waals surface area contributed by atoms with Crippen molar-refractivity contribution in [3.8, 4) is 5.75 Å². The summed E-state index contributed by atoms with van der Waals surface area (Å²) < 4.78 is 5.51. The SMILES string of the molecule is Cl.O=C(CCN1CC=C(Cc2ccccc2)CC1)c1ccc2c(c1)CCO2. The molecule has 0 aromatic heterocycles. The first-order chi connectivity index (χ1) is 12.8. The fourth-order valence-corrected chi connectivity index (χ4v) is 3.74. The second kappa shape index (κ2) is 9.20. The maximum absolute atomic E-state index is 12.5. The van der Waals surface area contributed by atoms with E-state index in [9.17, 15) is 4.79 Å². The molecule has 2 heterocycles. The van der Waals surface area contributed by atoms with Crippen LogP contribution in [0.2, 0.25) is 0 Å². The normalized spacial score (nSPS) is 16.1. The Balaban J connectivity index is 0.00000210. The van der Waals surface area contributed by atoms with Gasteiger partial charge >= 0.3 is 0 Å². The molecule has 0 amide bonds. The van der Waals surface area contributed by atoms with Gasteiger partial charge in [-0.05, 0) is 42.2 Å². The number of hydrogen-bond donors (Lipinski definition) is 0. The van der Waals surface area contributed by atoms with E-state index in [-0.39, 0.29) is 18.2 Å². The van der Waals surface area contributed by atoms with Gasteiger partial charge in [0.1, 0.15) is 5.75 Å². The Labute approximate surface area is 167 Å². The number of carbonyl (C=O) groups excluding carboxylic acids is 1. The van der Waals surface area contributed by atoms with Gasteiger partial charge in [-0.1, -0.05) is 42.0 Å². The third-order valence-corrected chi connectivity index (χ3v) is 5.33. The van der Waals surface area contributed by atoms with Crippen LogP contribution in [0.1, 0.15) is 34.3 Å². The van der Waals surface area contributed by atoms with Crippen molar-refractivity contribution in [3.63, 3.8) is 0 Å². The molecule has 0 atom stereocenters. The second-order valence-electron chi connectivity index (χ2n) is 7.17. The Morgan fingerprint density at radius 1 is 1.07 bits per heavy atom. The smallest absolute Gasteiger partial charge is 0.164 e. The van der Waals surface area contributed by atoms with Crippen LogP contribution < -0.4 is 4.74 Å². The Hall–Kier alpha value is -2.10. The molecule has 2 aliphatic heterocycles. The zero-order valence-corrected chi connectivity index (χ0v) is 16.3. The molecule has 2 aromatic carbocycles. The first-order valence-corrected chi connectivity index (χ1v) is 9.51. The summed E-state index contributed by atoms with van der Waals surface area (Å²) in [6, 6.07) is 16.5. The summed E-state index contributed by atoms with van der Waals surface area (Å²) in [5.74, 6) is 1.17. The van der Waals surface area contributed by atoms with Crippen LogP contribution >= 0.6 is 12.4 Å². The molecule has 0 aliphatic carbocycles. The van der Waals surface area contributed by atoms with Crippen molar-refractivity contribution >= 4 is 18.2 Å². The predicted octanol–water partition coefficient (Wildman–Crippen LogP) is 4.49. The Kier molecular flexibility index (Phi) is 6.70. The van der Waals surface area contributed by atoms with Gasteiger partial charge in [0.2, 0.25) is 0 Å². The van der Waals surface area contributed by atoms with E-state index in [0.717, 1.165) is 56.8 Å². The molecule has 0 unspecified atom stereocenters. The average molecular weight is 384 g/mol. The molecule has 3 nitrogen and oxygen atoms in total. The van der Waals surface area contributed by atoms with Crippen LogP contribution in [0.3, 0.4) is 0 Å². The van der Waals surface area contributed by atoms with E-state index < -0.39 is 0 Å². The van der Waals surface area contributed by atoms with Gasteiger partial charge in [-0.15, -0.1) is 12.4 Å². The minimum atomic E-state index is 0. The average Bonchev–Trinajstić information content (AvgIpc) is 3.16. The van der Waals surface area contributed by atoms with E-state index in [2.05, 4.69) is 41.3 Å². The van der Waals surface area contributed by atoms with Gasteiger partial charge in [0, 0.05) is 38.0 Å². The molecule has 0 spiro atoms. The minimum Gasteiger partial charge on any atom is -0.493 e. The molecule has 0 N–H and O–H groups in total. The van der Waals surface area contributed by atoms with Gasteiger partial charge in [0.25, 0.3) is 0 Å². The summed E-state index contributed by atoms with van der Waals surface area (Å²) in [5, 5.41) is 0. The topological polar surface area (TPSA) is 29.5 Å². The maximum Gasteiger partial charge on any atom is 0.164 e. The number of rotatable bonds is 6. The molecule has 27 heavy (non-hydrogen) atoms. The third kappa shape index (κ3) is 5.00. The lowest BCUT2D eigenvalue weighted by Crippen LogP contribution is -2.31. The Morgan fingerprint density at radius 2 is 1.93 bits per heavy atom. The largest absolute Gasteiger partial charge is 0.493 e. The van der Waals surface area contributed by atoms with E-state index >= 15 is 0 Å². The van der Waals surface area contributed by atoms with Crippen molar-refractivity contribution in [2.24, 2.45) is 0 Å². The highest BCUT2D eigenvalue weighted by Gasteiger charge is 2.17. The number of nitrogens with zero attached hydrogens (tertiary/aromatic N) is 1. The fraction of sp³-hybridized carbons (Fsp3) is 0.348. The molecule has 0 fully saturated rings. The number of fused-ring (bicyclic) bond motifs is 1. The van der Waals surface area contributed by atoms with Crippen LogP contribution in [-0.4, -0.2) is 36.9 Å². The van der Waals surface area contributed by atoms with Crippen molar-refractivity contribution < 1.29 is 9.53 Å². The number of Topliss-reactive ketones (excluding diaryl/α,β-unsaturated/α-hetero) is 1. The third-order valence-electron chi connectivity index (χ3n) is 5.33. The summed E-state index contributed by atoms with van der Waals surface area (Å²) in [7, 11) is 0. The minimum absolute atomic E-state index is 0. The number of benzene rings is 2. The van der Waals surface area contributed by atoms with E-state index in [1.807, 2.05) is 18.2 Å². The van der Waals surface area contributed by atoms with E-state index in [4.69, 9.17) is 4.74 Å². The van der Waals surface area contributed by atoms with Crippen molar-refractivity contribution in [3.05, 3.63) is 76.9 Å². The molecule has 2 aliphatic rings. The van der Waals surface area contributed by atoms with Crippen molar-refractivity contribution in [1.82, 2.24) is 4.90 Å². The molecular weight excluding hydrogens is 358 g/mol. The number of ether oxygens (including phenoxy) is 1. The van der Waals surface area contributed by atoms with Crippen LogP contribution in [-0.2, 0) is 12.8 Å². The standard InChI is InChI=1S/C23H25NO2.ClH/c25-22(20-6-7-23-21(17-20)11-15-26-23)10-14-24-12-8-19(9-13-24)16-18-4-2-1-3-5-18;/h1-8,17H,9-16H2;1H. The van der Waals surface area contributed by atoms with Gasteiger partial charge in [-0.3, -0.25) is 9.69 Å². The quantitative estimate of drug-likeness (QED) is 0.543. The molecule has 0 saturated heterocycles. The van der Waals surface area contributed by atoms with Crippen molar-refractivity contribution in [2.45, 2.75) is 25.7 Å². The molecule has 4 rings (SSSR count). The number of halogens is 1. The van der Waals surface area contributed by atoms with Crippen LogP contribution in [0.4, 0.5) is 0 Å².